The Balaban J connectivity index is 2.44. The minimum Gasteiger partial charge on any atom is -0.288 e. The van der Waals surface area contributed by atoms with Gasteiger partial charge in [0.1, 0.15) is 6.54 Å². The zero-order valence-corrected chi connectivity index (χ0v) is 7.97. The lowest BCUT2D eigenvalue weighted by molar-refractivity contribution is 0.258. The molecule has 0 spiro atoms. The van der Waals surface area contributed by atoms with Crippen molar-refractivity contribution in [3.8, 4) is 0 Å². The fourth-order valence-corrected chi connectivity index (χ4v) is 1.13. The highest BCUT2D eigenvalue weighted by molar-refractivity contribution is 5.92. The zero-order chi connectivity index (χ0) is 9.19. The van der Waals surface area contributed by atoms with Gasteiger partial charge < -0.3 is 0 Å². The van der Waals surface area contributed by atoms with Crippen molar-refractivity contribution in [2.75, 3.05) is 6.54 Å². The van der Waals surface area contributed by atoms with Gasteiger partial charge in [-0.25, -0.2) is 4.39 Å². The van der Waals surface area contributed by atoms with Crippen LogP contribution in [-0.2, 0) is 0 Å². The van der Waals surface area contributed by atoms with Gasteiger partial charge in [-0.3, -0.25) is 5.01 Å². The van der Waals surface area contributed by atoms with Gasteiger partial charge in [0, 0.05) is 6.54 Å². The predicted molar refractivity (Wildman–Crippen MR) is 48.5 cm³/mol. The molecular formula is C9H16FN2. The lowest BCUT2D eigenvalue weighted by Gasteiger charge is -2.15. The predicted octanol–water partition coefficient (Wildman–Crippen LogP) is 2.37. The van der Waals surface area contributed by atoms with Crippen LogP contribution in [0.3, 0.4) is 0 Å². The van der Waals surface area contributed by atoms with Gasteiger partial charge in [0.25, 0.3) is 0 Å². The second-order valence-electron chi connectivity index (χ2n) is 3.41. The van der Waals surface area contributed by atoms with Crippen LogP contribution >= 0.6 is 0 Å². The molecule has 0 aromatic carbocycles. The highest BCUT2D eigenvalue weighted by atomic mass is 19.1. The first-order chi connectivity index (χ1) is 5.56. The first-order valence-electron chi connectivity index (χ1n) is 4.43. The Kier molecular flexibility index (Phi) is 2.70. The number of alkyl halides is 1. The molecule has 0 aliphatic carbocycles. The van der Waals surface area contributed by atoms with Gasteiger partial charge in [-0.15, -0.1) is 0 Å². The lowest BCUT2D eigenvalue weighted by atomic mass is 10.1. The zero-order valence-electron chi connectivity index (χ0n) is 7.97. The third-order valence-electron chi connectivity index (χ3n) is 2.12. The summed E-state index contributed by atoms with van der Waals surface area (Å²) in [5.41, 5.74) is -0.771. The molecule has 12 heavy (non-hydrogen) atoms. The Morgan fingerprint density at radius 3 is 2.75 bits per heavy atom. The summed E-state index contributed by atoms with van der Waals surface area (Å²) in [7, 11) is 0. The third-order valence-corrected chi connectivity index (χ3v) is 2.12. The molecule has 1 heterocycles. The van der Waals surface area contributed by atoms with Crippen LogP contribution < -0.4 is 0 Å². The van der Waals surface area contributed by atoms with Gasteiger partial charge in [-0.1, -0.05) is 13.3 Å². The normalized spacial score (nSPS) is 29.3. The Hall–Kier alpha value is -0.600. The van der Waals surface area contributed by atoms with Crippen molar-refractivity contribution in [1.82, 2.24) is 5.01 Å². The van der Waals surface area contributed by atoms with E-state index >= 15 is 0 Å². The van der Waals surface area contributed by atoms with E-state index < -0.39 is 5.67 Å². The average molecular weight is 171 g/mol. The van der Waals surface area contributed by atoms with Crippen LogP contribution in [0, 0.1) is 6.54 Å². The van der Waals surface area contributed by atoms with Gasteiger partial charge in [-0.2, -0.15) is 5.10 Å². The molecule has 0 amide bonds. The molecule has 69 valence electrons. The molecule has 0 saturated heterocycles. The van der Waals surface area contributed by atoms with Crippen LogP contribution in [-0.4, -0.2) is 22.9 Å². The molecule has 1 rings (SSSR count). The number of hydrazone groups is 1. The Labute approximate surface area is 73.4 Å². The van der Waals surface area contributed by atoms with Crippen molar-refractivity contribution in [3.63, 3.8) is 0 Å². The summed E-state index contributed by atoms with van der Waals surface area (Å²) in [6.45, 7) is 7.76. The van der Waals surface area contributed by atoms with E-state index in [0.29, 0.717) is 5.71 Å². The largest absolute Gasteiger partial charge is 0.288 e. The summed E-state index contributed by atoms with van der Waals surface area (Å²) < 4.78 is 13.5. The van der Waals surface area contributed by atoms with Crippen molar-refractivity contribution in [1.29, 1.82) is 0 Å². The van der Waals surface area contributed by atoms with Crippen molar-refractivity contribution >= 4 is 5.71 Å². The van der Waals surface area contributed by atoms with Crippen molar-refractivity contribution in [2.24, 2.45) is 5.10 Å². The number of nitrogens with zero attached hydrogens (tertiary/aromatic N) is 2. The molecular weight excluding hydrogens is 155 g/mol. The maximum absolute atomic E-state index is 13.5. The minimum atomic E-state index is -1.33. The molecule has 1 aliphatic rings. The Bertz CT molecular complexity index is 187. The number of unbranched alkanes of at least 4 members (excludes halogenated alkanes) is 1. The lowest BCUT2D eigenvalue weighted by Crippen LogP contribution is -2.26. The quantitative estimate of drug-likeness (QED) is 0.636. The first kappa shape index (κ1) is 9.49. The molecule has 0 N–H and O–H groups in total. The SMILES string of the molecule is CCCCN1[CH]C(C)(F)C(C)=N1. The van der Waals surface area contributed by atoms with E-state index in [1.165, 1.54) is 6.92 Å². The van der Waals surface area contributed by atoms with Gasteiger partial charge in [-0.05, 0) is 20.3 Å². The molecule has 2 nitrogen and oxygen atoms in total. The monoisotopic (exact) mass is 171 g/mol. The number of hydrogen-bond donors (Lipinski definition) is 0. The number of hydrogen-bond acceptors (Lipinski definition) is 2. The van der Waals surface area contributed by atoms with Crippen LogP contribution in [0.1, 0.15) is 33.6 Å². The van der Waals surface area contributed by atoms with E-state index in [1.54, 1.807) is 18.5 Å². The molecule has 0 aromatic heterocycles. The molecule has 0 bridgehead atoms. The van der Waals surface area contributed by atoms with Crippen LogP contribution in [0.2, 0.25) is 0 Å². The molecule has 1 aliphatic heterocycles. The van der Waals surface area contributed by atoms with Gasteiger partial charge in [0.15, 0.2) is 5.67 Å². The fourth-order valence-electron chi connectivity index (χ4n) is 1.13. The summed E-state index contributed by atoms with van der Waals surface area (Å²) in [6.07, 6.45) is 2.17. The summed E-state index contributed by atoms with van der Waals surface area (Å²) in [4.78, 5) is 0. The summed E-state index contributed by atoms with van der Waals surface area (Å²) in [5.74, 6) is 0. The van der Waals surface area contributed by atoms with Crippen LogP contribution in [0.5, 0.6) is 0 Å². The average Bonchev–Trinajstić information content (AvgIpc) is 2.22. The standard InChI is InChI=1S/C9H16FN2/c1-4-5-6-12-7-9(3,10)8(2)11-12/h7H,4-6H2,1-3H3. The van der Waals surface area contributed by atoms with Crippen molar-refractivity contribution in [2.45, 2.75) is 39.3 Å². The van der Waals surface area contributed by atoms with E-state index in [4.69, 9.17) is 0 Å². The highest BCUT2D eigenvalue weighted by Gasteiger charge is 2.35. The van der Waals surface area contributed by atoms with E-state index in [2.05, 4.69) is 12.0 Å². The minimum absolute atomic E-state index is 0.554. The van der Waals surface area contributed by atoms with E-state index in [0.717, 1.165) is 19.4 Å². The third kappa shape index (κ3) is 1.96. The number of halogens is 1. The molecule has 0 saturated carbocycles. The molecule has 0 aromatic rings. The molecule has 1 atom stereocenters. The van der Waals surface area contributed by atoms with Crippen molar-refractivity contribution < 1.29 is 4.39 Å². The van der Waals surface area contributed by atoms with E-state index in [-0.39, 0.29) is 0 Å². The fraction of sp³-hybridized carbons (Fsp3) is 0.778. The summed E-state index contributed by atoms with van der Waals surface area (Å²) in [5, 5.41) is 5.81. The Morgan fingerprint density at radius 1 is 1.67 bits per heavy atom. The van der Waals surface area contributed by atoms with Crippen LogP contribution in [0.4, 0.5) is 4.39 Å². The topological polar surface area (TPSA) is 15.6 Å². The molecule has 0 fully saturated rings. The second kappa shape index (κ2) is 3.42. The maximum atomic E-state index is 13.5. The molecule has 1 radical (unpaired) electrons. The van der Waals surface area contributed by atoms with Crippen molar-refractivity contribution in [3.05, 3.63) is 6.54 Å². The smallest absolute Gasteiger partial charge is 0.171 e. The second-order valence-corrected chi connectivity index (χ2v) is 3.41. The number of rotatable bonds is 3. The van der Waals surface area contributed by atoms with E-state index in [9.17, 15) is 4.39 Å². The first-order valence-corrected chi connectivity index (χ1v) is 4.43. The van der Waals surface area contributed by atoms with Gasteiger partial charge in [0.2, 0.25) is 0 Å². The maximum Gasteiger partial charge on any atom is 0.171 e. The Morgan fingerprint density at radius 2 is 2.33 bits per heavy atom. The van der Waals surface area contributed by atoms with Crippen LogP contribution in [0.15, 0.2) is 5.10 Å². The van der Waals surface area contributed by atoms with Gasteiger partial charge >= 0.3 is 0 Å². The van der Waals surface area contributed by atoms with Gasteiger partial charge in [0.05, 0.1) is 5.71 Å². The highest BCUT2D eigenvalue weighted by Crippen LogP contribution is 2.26. The van der Waals surface area contributed by atoms with Crippen LogP contribution in [0.25, 0.3) is 0 Å². The summed E-state index contributed by atoms with van der Waals surface area (Å²) in [6, 6.07) is 0. The molecule has 1 unspecified atom stereocenters. The summed E-state index contributed by atoms with van der Waals surface area (Å²) >= 11 is 0. The van der Waals surface area contributed by atoms with E-state index in [1.807, 2.05) is 0 Å². The molecule has 3 heteroatoms.